The van der Waals surface area contributed by atoms with Gasteiger partial charge in [-0.2, -0.15) is 0 Å². The number of carbonyl (C=O) groups excluding carboxylic acids is 2. The minimum atomic E-state index is -0.513. The zero-order valence-corrected chi connectivity index (χ0v) is 8.91. The molecule has 74 valence electrons. The number of esters is 1. The quantitative estimate of drug-likeness (QED) is 0.761. The van der Waals surface area contributed by atoms with Crippen molar-refractivity contribution in [2.75, 3.05) is 7.11 Å². The van der Waals surface area contributed by atoms with Gasteiger partial charge < -0.3 is 8.57 Å². The Balaban J connectivity index is 2.89. The van der Waals surface area contributed by atoms with Gasteiger partial charge in [-0.3, -0.25) is 0 Å². The molecule has 0 saturated heterocycles. The second-order valence-corrected chi connectivity index (χ2v) is 2.76. The Morgan fingerprint density at radius 1 is 1.07 bits per heavy atom. The molecule has 0 aliphatic carbocycles. The van der Waals surface area contributed by atoms with Gasteiger partial charge in [-0.1, -0.05) is 0 Å². The first kappa shape index (κ1) is 10.7. The number of halogens is 1. The van der Waals surface area contributed by atoms with Crippen LogP contribution in [0.15, 0.2) is 24.3 Å². The zero-order valence-electron chi connectivity index (χ0n) is 7.32. The maximum Gasteiger partial charge on any atom is 0.349 e. The molecule has 0 radical (unpaired) electrons. The molecule has 4 nitrogen and oxygen atoms in total. The highest BCUT2D eigenvalue weighted by Gasteiger charge is 2.08. The highest BCUT2D eigenvalue weighted by molar-refractivity contribution is 9.06. The van der Waals surface area contributed by atoms with Crippen LogP contribution in [0.2, 0.25) is 0 Å². The number of ether oxygens (including phenoxy) is 1. The third-order valence-electron chi connectivity index (χ3n) is 1.61. The van der Waals surface area contributed by atoms with Crippen LogP contribution in [0.1, 0.15) is 20.7 Å². The van der Waals surface area contributed by atoms with E-state index in [-0.39, 0.29) is 0 Å². The summed E-state index contributed by atoms with van der Waals surface area (Å²) in [4.78, 5) is 22.0. The van der Waals surface area contributed by atoms with E-state index in [0.29, 0.717) is 11.1 Å². The molecule has 5 heteroatoms. The van der Waals surface area contributed by atoms with Crippen molar-refractivity contribution in [3.63, 3.8) is 0 Å². The Morgan fingerprint density at radius 2 is 1.50 bits per heavy atom. The Morgan fingerprint density at radius 3 is 1.86 bits per heavy atom. The van der Waals surface area contributed by atoms with E-state index in [1.165, 1.54) is 31.4 Å². The fraction of sp³-hybridized carbons (Fsp3) is 0.111. The summed E-state index contributed by atoms with van der Waals surface area (Å²) in [6.45, 7) is 0. The summed E-state index contributed by atoms with van der Waals surface area (Å²) in [7, 11) is 1.29. The third kappa shape index (κ3) is 2.32. The second-order valence-electron chi connectivity index (χ2n) is 2.43. The SMILES string of the molecule is COC(=O)c1ccc(C(=O)OBr)cc1. The molecule has 0 aromatic heterocycles. The van der Waals surface area contributed by atoms with Crippen LogP contribution < -0.4 is 0 Å². The molecular weight excluding hydrogens is 252 g/mol. The second kappa shape index (κ2) is 4.76. The van der Waals surface area contributed by atoms with Crippen molar-refractivity contribution in [2.24, 2.45) is 0 Å². The maximum absolute atomic E-state index is 11.0. The molecule has 1 aromatic carbocycles. The molecule has 0 heterocycles. The van der Waals surface area contributed by atoms with Crippen LogP contribution in [0.3, 0.4) is 0 Å². The lowest BCUT2D eigenvalue weighted by molar-refractivity contribution is 0.0599. The van der Waals surface area contributed by atoms with Crippen LogP contribution in [-0.2, 0) is 8.57 Å². The number of benzene rings is 1. The Bertz CT molecular complexity index is 309. The summed E-state index contributed by atoms with van der Waals surface area (Å²) < 4.78 is 8.82. The number of methoxy groups -OCH3 is 1. The van der Waals surface area contributed by atoms with Crippen LogP contribution in [0.4, 0.5) is 0 Å². The van der Waals surface area contributed by atoms with Gasteiger partial charge >= 0.3 is 11.9 Å². The molecule has 0 atom stereocenters. The predicted molar refractivity (Wildman–Crippen MR) is 52.1 cm³/mol. The monoisotopic (exact) mass is 258 g/mol. The minimum absolute atomic E-state index is 0.356. The summed E-state index contributed by atoms with van der Waals surface area (Å²) in [5.74, 6) is -0.954. The van der Waals surface area contributed by atoms with E-state index in [1.54, 1.807) is 0 Å². The molecule has 0 unspecified atom stereocenters. The molecular formula is C9H7BrO4. The van der Waals surface area contributed by atoms with Crippen LogP contribution in [0.25, 0.3) is 0 Å². The van der Waals surface area contributed by atoms with Crippen LogP contribution in [0.5, 0.6) is 0 Å². The van der Waals surface area contributed by atoms with E-state index in [4.69, 9.17) is 0 Å². The topological polar surface area (TPSA) is 52.6 Å². The molecule has 1 aromatic rings. The lowest BCUT2D eigenvalue weighted by Crippen LogP contribution is -2.03. The van der Waals surface area contributed by atoms with E-state index < -0.39 is 11.9 Å². The Kier molecular flexibility index (Phi) is 3.64. The molecule has 1 rings (SSSR count). The normalized spacial score (nSPS) is 9.29. The zero-order chi connectivity index (χ0) is 10.6. The van der Waals surface area contributed by atoms with Crippen LogP contribution >= 0.6 is 16.3 Å². The molecule has 0 aliphatic rings. The van der Waals surface area contributed by atoms with E-state index >= 15 is 0 Å². The van der Waals surface area contributed by atoms with E-state index in [9.17, 15) is 9.59 Å². The van der Waals surface area contributed by atoms with Gasteiger partial charge in [0.1, 0.15) is 0 Å². The van der Waals surface area contributed by atoms with Crippen molar-refractivity contribution in [2.45, 2.75) is 0 Å². The number of hydrogen-bond acceptors (Lipinski definition) is 4. The van der Waals surface area contributed by atoms with Gasteiger partial charge in [0.25, 0.3) is 0 Å². The number of rotatable bonds is 2. The summed E-state index contributed by atoms with van der Waals surface area (Å²) in [5.41, 5.74) is 0.744. The highest BCUT2D eigenvalue weighted by Crippen LogP contribution is 2.08. The minimum Gasteiger partial charge on any atom is -0.465 e. The maximum atomic E-state index is 11.0. The lowest BCUT2D eigenvalue weighted by atomic mass is 10.1. The molecule has 0 spiro atoms. The van der Waals surface area contributed by atoms with Gasteiger partial charge in [0, 0.05) is 0 Å². The largest absolute Gasteiger partial charge is 0.465 e. The summed E-state index contributed by atoms with van der Waals surface area (Å²) >= 11 is 2.57. The predicted octanol–water partition coefficient (Wildman–Crippen LogP) is 1.94. The van der Waals surface area contributed by atoms with Crippen LogP contribution in [0, 0.1) is 0 Å². The van der Waals surface area contributed by atoms with Gasteiger partial charge in [-0.05, 0) is 24.3 Å². The molecule has 0 fully saturated rings. The third-order valence-corrected chi connectivity index (χ3v) is 1.91. The molecule has 0 bridgehead atoms. The van der Waals surface area contributed by atoms with E-state index in [2.05, 4.69) is 24.8 Å². The lowest BCUT2D eigenvalue weighted by Gasteiger charge is -1.99. The first-order valence-corrected chi connectivity index (χ1v) is 4.35. The fourth-order valence-electron chi connectivity index (χ4n) is 0.905. The first-order valence-electron chi connectivity index (χ1n) is 3.70. The number of hydrogen-bond donors (Lipinski definition) is 0. The standard InChI is InChI=1S/C9H7BrO4/c1-13-8(11)6-2-4-7(5-3-6)9(12)14-10/h2-5H,1H3. The van der Waals surface area contributed by atoms with Gasteiger partial charge in [0.2, 0.25) is 0 Å². The summed E-state index contributed by atoms with van der Waals surface area (Å²) in [6, 6.07) is 5.95. The van der Waals surface area contributed by atoms with Crippen molar-refractivity contribution in [1.29, 1.82) is 0 Å². The van der Waals surface area contributed by atoms with Crippen molar-refractivity contribution in [3.05, 3.63) is 35.4 Å². The Labute approximate surface area is 89.3 Å². The van der Waals surface area contributed by atoms with Gasteiger partial charge in [-0.15, -0.1) is 0 Å². The molecule has 0 amide bonds. The van der Waals surface area contributed by atoms with Crippen molar-refractivity contribution < 1.29 is 18.2 Å². The molecule has 0 aliphatic heterocycles. The van der Waals surface area contributed by atoms with Gasteiger partial charge in [0.05, 0.1) is 18.2 Å². The van der Waals surface area contributed by atoms with Crippen LogP contribution in [-0.4, -0.2) is 19.0 Å². The highest BCUT2D eigenvalue weighted by atomic mass is 79.9. The average Bonchev–Trinajstić information content (AvgIpc) is 2.27. The number of carbonyl (C=O) groups is 2. The molecule has 0 N–H and O–H groups in total. The van der Waals surface area contributed by atoms with Crippen molar-refractivity contribution >= 4 is 28.2 Å². The fourth-order valence-corrected chi connectivity index (χ4v) is 1.09. The van der Waals surface area contributed by atoms with Crippen molar-refractivity contribution in [1.82, 2.24) is 0 Å². The smallest absolute Gasteiger partial charge is 0.349 e. The first-order chi connectivity index (χ1) is 6.69. The average molecular weight is 259 g/mol. The van der Waals surface area contributed by atoms with E-state index in [0.717, 1.165) is 0 Å². The van der Waals surface area contributed by atoms with E-state index in [1.807, 2.05) is 0 Å². The summed E-state index contributed by atoms with van der Waals surface area (Å²) in [6.07, 6.45) is 0. The van der Waals surface area contributed by atoms with Gasteiger partial charge in [0.15, 0.2) is 16.3 Å². The molecule has 14 heavy (non-hydrogen) atoms. The summed E-state index contributed by atoms with van der Waals surface area (Å²) in [5, 5.41) is 0. The Hall–Kier alpha value is -1.36. The van der Waals surface area contributed by atoms with Crippen molar-refractivity contribution in [3.8, 4) is 0 Å². The molecule has 0 saturated carbocycles. The van der Waals surface area contributed by atoms with Gasteiger partial charge in [-0.25, -0.2) is 9.59 Å².